The van der Waals surface area contributed by atoms with Gasteiger partial charge in [0.2, 0.25) is 5.43 Å². The summed E-state index contributed by atoms with van der Waals surface area (Å²) >= 11 is 0. The van der Waals surface area contributed by atoms with Gasteiger partial charge in [-0.05, 0) is 19.4 Å². The minimum absolute atomic E-state index is 0.0309. The predicted octanol–water partition coefficient (Wildman–Crippen LogP) is 2.90. The van der Waals surface area contributed by atoms with Gasteiger partial charge in [-0.1, -0.05) is 19.4 Å². The Morgan fingerprint density at radius 3 is 2.53 bits per heavy atom. The lowest BCUT2D eigenvalue weighted by atomic mass is 10.0. The average molecular weight is 503 g/mol. The number of pyridine rings is 1. The Bertz CT molecular complexity index is 1310. The molecule has 8 nitrogen and oxygen atoms in total. The van der Waals surface area contributed by atoms with E-state index in [0.717, 1.165) is 12.6 Å². The second kappa shape index (κ2) is 10.00. The lowest BCUT2D eigenvalue weighted by molar-refractivity contribution is -0.118. The summed E-state index contributed by atoms with van der Waals surface area (Å²) in [5, 5.41) is 2.25. The summed E-state index contributed by atoms with van der Waals surface area (Å²) in [4.78, 5) is 53.9. The summed E-state index contributed by atoms with van der Waals surface area (Å²) in [5.74, 6) is -5.73. The lowest BCUT2D eigenvalue weighted by Gasteiger charge is -2.36. The SMILES string of the molecule is CCCCOc1c2n(cc(C(=O)NCc3c(F)cc(F)cc3F)c1=O)[C@@H]1CN(C2=O)[C@@H](C)C=CC1=O. The topological polar surface area (TPSA) is 97.7 Å². The molecule has 2 aliphatic rings. The Kier molecular flexibility index (Phi) is 7.00. The van der Waals surface area contributed by atoms with Crippen LogP contribution >= 0.6 is 0 Å². The molecule has 2 aromatic rings. The molecule has 2 bridgehead atoms. The summed E-state index contributed by atoms with van der Waals surface area (Å²) in [5.41, 5.74) is -2.09. The molecular formula is C25H24F3N3O5. The van der Waals surface area contributed by atoms with Crippen LogP contribution in [0, 0.1) is 17.5 Å². The minimum Gasteiger partial charge on any atom is -0.487 e. The zero-order valence-electron chi connectivity index (χ0n) is 19.6. The van der Waals surface area contributed by atoms with Crippen LogP contribution < -0.4 is 15.5 Å². The second-order valence-electron chi connectivity index (χ2n) is 8.66. The van der Waals surface area contributed by atoms with Crippen LogP contribution in [0.15, 0.2) is 35.3 Å². The molecule has 190 valence electrons. The molecular weight excluding hydrogens is 479 g/mol. The normalized spacial score (nSPS) is 18.6. The van der Waals surface area contributed by atoms with E-state index in [1.165, 1.54) is 15.5 Å². The summed E-state index contributed by atoms with van der Waals surface area (Å²) in [6.45, 7) is 3.10. The van der Waals surface area contributed by atoms with Gasteiger partial charge >= 0.3 is 0 Å². The minimum atomic E-state index is -1.20. The molecule has 0 radical (unpaired) electrons. The number of halogens is 3. The Morgan fingerprint density at radius 1 is 1.17 bits per heavy atom. The van der Waals surface area contributed by atoms with Gasteiger partial charge in [-0.25, -0.2) is 13.2 Å². The summed E-state index contributed by atoms with van der Waals surface area (Å²) in [7, 11) is 0. The third kappa shape index (κ3) is 4.52. The van der Waals surface area contributed by atoms with Crippen molar-refractivity contribution in [3.63, 3.8) is 0 Å². The van der Waals surface area contributed by atoms with Crippen molar-refractivity contribution >= 4 is 17.6 Å². The van der Waals surface area contributed by atoms with Gasteiger partial charge in [0, 0.05) is 43.0 Å². The van der Waals surface area contributed by atoms with Crippen LogP contribution in [-0.4, -0.2) is 46.3 Å². The first-order valence-electron chi connectivity index (χ1n) is 11.5. The Balaban J connectivity index is 1.77. The molecule has 36 heavy (non-hydrogen) atoms. The molecule has 0 fully saturated rings. The molecule has 1 aromatic carbocycles. The van der Waals surface area contributed by atoms with Crippen molar-refractivity contribution in [1.29, 1.82) is 0 Å². The van der Waals surface area contributed by atoms with Gasteiger partial charge in [0.15, 0.2) is 17.2 Å². The fourth-order valence-electron chi connectivity index (χ4n) is 4.20. The quantitative estimate of drug-likeness (QED) is 0.586. The van der Waals surface area contributed by atoms with Crippen LogP contribution in [0.2, 0.25) is 0 Å². The molecule has 1 N–H and O–H groups in total. The van der Waals surface area contributed by atoms with E-state index in [0.29, 0.717) is 18.6 Å². The van der Waals surface area contributed by atoms with E-state index in [2.05, 4.69) is 5.32 Å². The highest BCUT2D eigenvalue weighted by atomic mass is 19.1. The number of aromatic nitrogens is 1. The largest absolute Gasteiger partial charge is 0.487 e. The predicted molar refractivity (Wildman–Crippen MR) is 122 cm³/mol. The highest BCUT2D eigenvalue weighted by Crippen LogP contribution is 2.31. The van der Waals surface area contributed by atoms with E-state index in [1.807, 2.05) is 6.92 Å². The van der Waals surface area contributed by atoms with Gasteiger partial charge < -0.3 is 19.5 Å². The van der Waals surface area contributed by atoms with E-state index in [-0.39, 0.29) is 30.4 Å². The molecule has 0 aliphatic carbocycles. The number of carbonyl (C=O) groups excluding carboxylic acids is 3. The lowest BCUT2D eigenvalue weighted by Crippen LogP contribution is -2.49. The van der Waals surface area contributed by atoms with Gasteiger partial charge in [-0.15, -0.1) is 0 Å². The fourth-order valence-corrected chi connectivity index (χ4v) is 4.20. The van der Waals surface area contributed by atoms with Crippen molar-refractivity contribution in [3.8, 4) is 5.75 Å². The Labute approximate surface area is 204 Å². The molecule has 2 atom stereocenters. The number of fused-ring (bicyclic) bond motifs is 4. The first-order chi connectivity index (χ1) is 17.1. The number of ketones is 1. The van der Waals surface area contributed by atoms with Gasteiger partial charge in [0.05, 0.1) is 6.61 Å². The van der Waals surface area contributed by atoms with E-state index < -0.39 is 64.5 Å². The monoisotopic (exact) mass is 503 g/mol. The molecule has 11 heteroatoms. The van der Waals surface area contributed by atoms with E-state index in [1.54, 1.807) is 13.0 Å². The summed E-state index contributed by atoms with van der Waals surface area (Å²) in [6.07, 6.45) is 5.34. The number of allylic oxidation sites excluding steroid dienone is 1. The van der Waals surface area contributed by atoms with Crippen LogP contribution in [0.4, 0.5) is 13.2 Å². The molecule has 3 heterocycles. The molecule has 1 aromatic heterocycles. The summed E-state index contributed by atoms with van der Waals surface area (Å²) in [6, 6.07) is -0.350. The number of nitrogens with zero attached hydrogens (tertiary/aromatic N) is 2. The zero-order chi connectivity index (χ0) is 26.1. The van der Waals surface area contributed by atoms with Crippen LogP contribution in [0.5, 0.6) is 5.75 Å². The number of nitrogens with one attached hydrogen (secondary N) is 1. The number of unbranched alkanes of at least 4 members (excludes halogenated alkanes) is 1. The number of hydrogen-bond donors (Lipinski definition) is 1. The third-order valence-corrected chi connectivity index (χ3v) is 6.24. The molecule has 2 aliphatic heterocycles. The fraction of sp³-hybridized carbons (Fsp3) is 0.360. The first kappa shape index (κ1) is 25.2. The Morgan fingerprint density at radius 2 is 1.86 bits per heavy atom. The maximum atomic E-state index is 14.0. The van der Waals surface area contributed by atoms with Crippen molar-refractivity contribution in [1.82, 2.24) is 14.8 Å². The molecule has 2 amide bonds. The standard InChI is InChI=1S/C25H24F3N3O5/c1-3-4-7-36-23-21-25(35)30-12-19(20(32)6-5-13(30)2)31(21)11-16(22(23)33)24(34)29-10-15-17(27)8-14(26)9-18(15)28/h5-6,8-9,11,13,19H,3-4,7,10,12H2,1-2H3,(H,29,34)/t13-,19+/m0/s1. The highest BCUT2D eigenvalue weighted by Gasteiger charge is 2.41. The van der Waals surface area contributed by atoms with Crippen molar-refractivity contribution in [3.05, 3.63) is 75.0 Å². The molecule has 0 saturated heterocycles. The van der Waals surface area contributed by atoms with E-state index >= 15 is 0 Å². The van der Waals surface area contributed by atoms with E-state index in [4.69, 9.17) is 4.74 Å². The number of hydrogen-bond acceptors (Lipinski definition) is 5. The Hall–Kier alpha value is -3.89. The van der Waals surface area contributed by atoms with E-state index in [9.17, 15) is 32.3 Å². The average Bonchev–Trinajstić information content (AvgIpc) is 2.95. The highest BCUT2D eigenvalue weighted by molar-refractivity contribution is 6.03. The van der Waals surface area contributed by atoms with Gasteiger partial charge in [0.25, 0.3) is 11.8 Å². The molecule has 4 rings (SSSR count). The van der Waals surface area contributed by atoms with Gasteiger partial charge in [0.1, 0.15) is 29.1 Å². The number of amides is 2. The van der Waals surface area contributed by atoms with Crippen LogP contribution in [0.25, 0.3) is 0 Å². The molecule has 0 spiro atoms. The first-order valence-corrected chi connectivity index (χ1v) is 11.5. The van der Waals surface area contributed by atoms with Crippen molar-refractivity contribution in [2.45, 2.75) is 45.3 Å². The van der Waals surface area contributed by atoms with Gasteiger partial charge in [-0.3, -0.25) is 19.2 Å². The second-order valence-corrected chi connectivity index (χ2v) is 8.66. The summed E-state index contributed by atoms with van der Waals surface area (Å²) < 4.78 is 48.1. The number of benzene rings is 1. The molecule has 0 unspecified atom stereocenters. The van der Waals surface area contributed by atoms with Crippen molar-refractivity contribution in [2.24, 2.45) is 0 Å². The van der Waals surface area contributed by atoms with Crippen LogP contribution in [-0.2, 0) is 11.3 Å². The zero-order valence-corrected chi connectivity index (χ0v) is 19.6. The maximum Gasteiger partial charge on any atom is 0.275 e. The number of carbonyl (C=O) groups is 3. The van der Waals surface area contributed by atoms with Crippen LogP contribution in [0.1, 0.15) is 59.1 Å². The van der Waals surface area contributed by atoms with Gasteiger partial charge in [-0.2, -0.15) is 0 Å². The third-order valence-electron chi connectivity index (χ3n) is 6.24. The van der Waals surface area contributed by atoms with Crippen LogP contribution in [0.3, 0.4) is 0 Å². The smallest absolute Gasteiger partial charge is 0.275 e. The molecule has 0 saturated carbocycles. The number of ether oxygens (including phenoxy) is 1. The van der Waals surface area contributed by atoms with Crippen molar-refractivity contribution < 1.29 is 32.3 Å². The number of rotatable bonds is 7. The van der Waals surface area contributed by atoms with Crippen molar-refractivity contribution in [2.75, 3.05) is 13.2 Å². The maximum absolute atomic E-state index is 14.0.